The van der Waals surface area contributed by atoms with E-state index in [0.717, 1.165) is 53.9 Å². The molecular formula is C29H39NO4. The maximum Gasteiger partial charge on any atom is 0.162 e. The second-order valence-electron chi connectivity index (χ2n) is 11.5. The molecule has 5 nitrogen and oxygen atoms in total. The molecule has 0 aromatic heterocycles. The van der Waals surface area contributed by atoms with Crippen LogP contribution in [0.25, 0.3) is 0 Å². The molecule has 0 unspecified atom stereocenters. The lowest BCUT2D eigenvalue weighted by atomic mass is 9.63. The van der Waals surface area contributed by atoms with E-state index >= 15 is 0 Å². The number of hydrogen-bond acceptors (Lipinski definition) is 5. The van der Waals surface area contributed by atoms with E-state index < -0.39 is 0 Å². The van der Waals surface area contributed by atoms with Gasteiger partial charge in [-0.2, -0.15) is 0 Å². The van der Waals surface area contributed by atoms with Crippen molar-refractivity contribution in [1.82, 2.24) is 4.90 Å². The highest BCUT2D eigenvalue weighted by Gasteiger charge is 2.48. The van der Waals surface area contributed by atoms with Crippen LogP contribution in [0.1, 0.15) is 85.1 Å². The maximum absolute atomic E-state index is 13.7. The quantitative estimate of drug-likeness (QED) is 0.501. The average Bonchev–Trinajstić information content (AvgIpc) is 2.73. The standard InChI is InChI=1S/C29H39NO4/c1-8-12-30-19-14-28(3,4)16-21(31)26(19)25(27-20(30)15-29(5,6)17-22(27)32)18-10-11-23(34-9-2)24(13-18)33-7/h10-11,13,25H,8-9,12,14-17H2,1-7H3. The zero-order chi connectivity index (χ0) is 24.8. The van der Waals surface area contributed by atoms with Gasteiger partial charge in [0, 0.05) is 47.8 Å². The Morgan fingerprint density at radius 2 is 1.44 bits per heavy atom. The van der Waals surface area contributed by atoms with Crippen LogP contribution < -0.4 is 9.47 Å². The van der Waals surface area contributed by atoms with Crippen LogP contribution in [-0.2, 0) is 9.59 Å². The average molecular weight is 466 g/mol. The highest BCUT2D eigenvalue weighted by molar-refractivity contribution is 6.06. The minimum absolute atomic E-state index is 0.102. The predicted molar refractivity (Wildman–Crippen MR) is 134 cm³/mol. The highest BCUT2D eigenvalue weighted by Crippen LogP contribution is 2.54. The second-order valence-corrected chi connectivity index (χ2v) is 11.5. The molecular weight excluding hydrogens is 426 g/mol. The van der Waals surface area contributed by atoms with Gasteiger partial charge in [-0.1, -0.05) is 40.7 Å². The second kappa shape index (κ2) is 8.90. The predicted octanol–water partition coefficient (Wildman–Crippen LogP) is 6.19. The summed E-state index contributed by atoms with van der Waals surface area (Å²) in [6, 6.07) is 5.87. The summed E-state index contributed by atoms with van der Waals surface area (Å²) in [6.45, 7) is 14.2. The van der Waals surface area contributed by atoms with Gasteiger partial charge in [-0.15, -0.1) is 0 Å². The van der Waals surface area contributed by atoms with Gasteiger partial charge in [0.2, 0.25) is 0 Å². The highest BCUT2D eigenvalue weighted by atomic mass is 16.5. The number of nitrogens with zero attached hydrogens (tertiary/aromatic N) is 1. The van der Waals surface area contributed by atoms with Crippen LogP contribution in [0.2, 0.25) is 0 Å². The molecule has 0 amide bonds. The largest absolute Gasteiger partial charge is 0.493 e. The third kappa shape index (κ3) is 4.30. The van der Waals surface area contributed by atoms with Crippen molar-refractivity contribution in [2.24, 2.45) is 10.8 Å². The number of hydrogen-bond donors (Lipinski definition) is 0. The Labute approximate surface area is 204 Å². The lowest BCUT2D eigenvalue weighted by Gasteiger charge is -2.49. The SMILES string of the molecule is CCCN1C2=C(C(=O)CC(C)(C)C2)C(c2ccc(OCC)c(OC)c2)C2=C1CC(C)(C)CC2=O. The molecule has 34 heavy (non-hydrogen) atoms. The van der Waals surface area contributed by atoms with Crippen molar-refractivity contribution in [3.8, 4) is 11.5 Å². The molecule has 1 aliphatic heterocycles. The van der Waals surface area contributed by atoms with Crippen LogP contribution in [0.5, 0.6) is 11.5 Å². The van der Waals surface area contributed by atoms with Crippen molar-refractivity contribution in [3.63, 3.8) is 0 Å². The first-order chi connectivity index (χ1) is 16.0. The number of ketones is 2. The summed E-state index contributed by atoms with van der Waals surface area (Å²) in [5, 5.41) is 0. The smallest absolute Gasteiger partial charge is 0.162 e. The summed E-state index contributed by atoms with van der Waals surface area (Å²) in [5.74, 6) is 1.28. The van der Waals surface area contributed by atoms with E-state index in [-0.39, 0.29) is 28.3 Å². The number of benzene rings is 1. The van der Waals surface area contributed by atoms with Crippen molar-refractivity contribution >= 4 is 11.6 Å². The third-order valence-electron chi connectivity index (χ3n) is 7.29. The van der Waals surface area contributed by atoms with Gasteiger partial charge >= 0.3 is 0 Å². The van der Waals surface area contributed by atoms with E-state index in [9.17, 15) is 9.59 Å². The van der Waals surface area contributed by atoms with Gasteiger partial charge in [0.05, 0.1) is 13.7 Å². The minimum Gasteiger partial charge on any atom is -0.493 e. The monoisotopic (exact) mass is 465 g/mol. The summed E-state index contributed by atoms with van der Waals surface area (Å²) in [7, 11) is 1.63. The Morgan fingerprint density at radius 1 is 0.882 bits per heavy atom. The molecule has 0 atom stereocenters. The first kappa shape index (κ1) is 24.6. The molecule has 3 aliphatic rings. The van der Waals surface area contributed by atoms with Gasteiger partial charge in [0.1, 0.15) is 0 Å². The van der Waals surface area contributed by atoms with Crippen molar-refractivity contribution in [2.45, 2.75) is 79.6 Å². The van der Waals surface area contributed by atoms with Crippen molar-refractivity contribution in [2.75, 3.05) is 20.3 Å². The van der Waals surface area contributed by atoms with Gasteiger partial charge < -0.3 is 14.4 Å². The van der Waals surface area contributed by atoms with Gasteiger partial charge in [0.25, 0.3) is 0 Å². The lowest BCUT2D eigenvalue weighted by molar-refractivity contribution is -0.119. The van der Waals surface area contributed by atoms with Gasteiger partial charge in [-0.25, -0.2) is 0 Å². The molecule has 0 bridgehead atoms. The van der Waals surface area contributed by atoms with E-state index in [1.54, 1.807) is 7.11 Å². The molecule has 0 N–H and O–H groups in total. The lowest BCUT2D eigenvalue weighted by Crippen LogP contribution is -2.44. The van der Waals surface area contributed by atoms with Crippen LogP contribution in [-0.4, -0.2) is 36.7 Å². The number of Topliss-reactive ketones (excluding diaryl/α,β-unsaturated/α-hetero) is 2. The number of carbonyl (C=O) groups is 2. The molecule has 1 aromatic carbocycles. The molecule has 184 valence electrons. The first-order valence-electron chi connectivity index (χ1n) is 12.6. The Hall–Kier alpha value is -2.56. The molecule has 0 spiro atoms. The topological polar surface area (TPSA) is 55.8 Å². The molecule has 1 heterocycles. The molecule has 0 radical (unpaired) electrons. The molecule has 0 saturated heterocycles. The fourth-order valence-electron chi connectivity index (χ4n) is 6.01. The normalized spacial score (nSPS) is 22.0. The molecule has 4 rings (SSSR count). The van der Waals surface area contributed by atoms with Crippen LogP contribution in [0, 0.1) is 10.8 Å². The van der Waals surface area contributed by atoms with Crippen molar-refractivity contribution in [3.05, 3.63) is 46.3 Å². The van der Waals surface area contributed by atoms with Gasteiger partial charge in [-0.05, 0) is 54.7 Å². The van der Waals surface area contributed by atoms with Crippen LogP contribution in [0.4, 0.5) is 0 Å². The summed E-state index contributed by atoms with van der Waals surface area (Å²) in [5.41, 5.74) is 4.58. The van der Waals surface area contributed by atoms with E-state index in [0.29, 0.717) is 30.9 Å². The molecule has 0 saturated carbocycles. The van der Waals surface area contributed by atoms with E-state index in [4.69, 9.17) is 9.47 Å². The zero-order valence-electron chi connectivity index (χ0n) is 21.8. The summed E-state index contributed by atoms with van der Waals surface area (Å²) in [4.78, 5) is 29.8. The third-order valence-corrected chi connectivity index (χ3v) is 7.29. The van der Waals surface area contributed by atoms with Crippen LogP contribution in [0.15, 0.2) is 40.7 Å². The Morgan fingerprint density at radius 3 is 1.91 bits per heavy atom. The number of allylic oxidation sites excluding steroid dienone is 4. The fourth-order valence-corrected chi connectivity index (χ4v) is 6.01. The van der Waals surface area contributed by atoms with E-state index in [2.05, 4.69) is 39.5 Å². The number of methoxy groups -OCH3 is 1. The van der Waals surface area contributed by atoms with E-state index in [1.165, 1.54) is 0 Å². The van der Waals surface area contributed by atoms with Gasteiger partial charge in [-0.3, -0.25) is 9.59 Å². The number of carbonyl (C=O) groups excluding carboxylic acids is 2. The Kier molecular flexibility index (Phi) is 6.43. The van der Waals surface area contributed by atoms with Crippen LogP contribution >= 0.6 is 0 Å². The summed E-state index contributed by atoms with van der Waals surface area (Å²) < 4.78 is 11.4. The van der Waals surface area contributed by atoms with Crippen molar-refractivity contribution < 1.29 is 19.1 Å². The Bertz CT molecular complexity index is 1020. The van der Waals surface area contributed by atoms with E-state index in [1.807, 2.05) is 25.1 Å². The molecule has 2 aliphatic carbocycles. The number of rotatable bonds is 6. The molecule has 1 aromatic rings. The fraction of sp³-hybridized carbons (Fsp3) is 0.586. The van der Waals surface area contributed by atoms with Crippen LogP contribution in [0.3, 0.4) is 0 Å². The zero-order valence-corrected chi connectivity index (χ0v) is 21.8. The number of ether oxygens (including phenoxy) is 2. The molecule has 0 fully saturated rings. The summed E-state index contributed by atoms with van der Waals surface area (Å²) in [6.07, 6.45) is 3.63. The first-order valence-corrected chi connectivity index (χ1v) is 12.6. The Balaban J connectivity index is 1.97. The summed E-state index contributed by atoms with van der Waals surface area (Å²) >= 11 is 0. The van der Waals surface area contributed by atoms with Crippen molar-refractivity contribution in [1.29, 1.82) is 0 Å². The minimum atomic E-state index is -0.352. The maximum atomic E-state index is 13.7. The molecule has 5 heteroatoms. The van der Waals surface area contributed by atoms with Gasteiger partial charge in [0.15, 0.2) is 23.1 Å².